The predicted octanol–water partition coefficient (Wildman–Crippen LogP) is 2.75. The Bertz CT molecular complexity index is 181. The molecule has 0 aliphatic carbocycles. The Kier molecular flexibility index (Phi) is 4.19. The standard InChI is InChI=1S/C9H11Br/c1-4-6-9(3,5-2)7-8-10/h2,6H,1,7-8H2,3H3. The molecule has 0 spiro atoms. The van der Waals surface area contributed by atoms with E-state index in [0.29, 0.717) is 0 Å². The van der Waals surface area contributed by atoms with Crippen LogP contribution in [-0.2, 0) is 0 Å². The van der Waals surface area contributed by atoms with Crippen molar-refractivity contribution in [3.63, 3.8) is 0 Å². The summed E-state index contributed by atoms with van der Waals surface area (Å²) in [4.78, 5) is 0. The van der Waals surface area contributed by atoms with Gasteiger partial charge in [-0.3, -0.25) is 0 Å². The van der Waals surface area contributed by atoms with Gasteiger partial charge in [0, 0.05) is 5.33 Å². The highest BCUT2D eigenvalue weighted by atomic mass is 79.9. The molecule has 0 aliphatic rings. The van der Waals surface area contributed by atoms with Crippen LogP contribution in [0.4, 0.5) is 0 Å². The molecular weight excluding hydrogens is 188 g/mol. The Morgan fingerprint density at radius 3 is 2.70 bits per heavy atom. The molecule has 0 heterocycles. The lowest BCUT2D eigenvalue weighted by molar-refractivity contribution is 0.563. The van der Waals surface area contributed by atoms with Gasteiger partial charge in [0.05, 0.1) is 5.41 Å². The van der Waals surface area contributed by atoms with E-state index in [2.05, 4.69) is 34.2 Å². The quantitative estimate of drug-likeness (QED) is 0.372. The van der Waals surface area contributed by atoms with Gasteiger partial charge in [-0.2, -0.15) is 0 Å². The number of halogens is 1. The molecule has 0 nitrogen and oxygen atoms in total. The first-order chi connectivity index (χ1) is 4.68. The highest BCUT2D eigenvalue weighted by Crippen LogP contribution is 2.21. The van der Waals surface area contributed by atoms with E-state index >= 15 is 0 Å². The van der Waals surface area contributed by atoms with Crippen molar-refractivity contribution in [3.8, 4) is 12.3 Å². The van der Waals surface area contributed by atoms with E-state index in [4.69, 9.17) is 6.42 Å². The Labute approximate surface area is 71.1 Å². The third-order valence-corrected chi connectivity index (χ3v) is 1.76. The lowest BCUT2D eigenvalue weighted by Crippen LogP contribution is -2.09. The Morgan fingerprint density at radius 1 is 1.80 bits per heavy atom. The zero-order valence-electron chi connectivity index (χ0n) is 6.15. The Balaban J connectivity index is 4.26. The lowest BCUT2D eigenvalue weighted by Gasteiger charge is -2.15. The van der Waals surface area contributed by atoms with Crippen LogP contribution in [0.2, 0.25) is 0 Å². The molecule has 0 rings (SSSR count). The summed E-state index contributed by atoms with van der Waals surface area (Å²) in [6.45, 7) is 5.48. The second-order valence-electron chi connectivity index (χ2n) is 2.35. The van der Waals surface area contributed by atoms with Crippen molar-refractivity contribution >= 4 is 15.9 Å². The molecule has 1 unspecified atom stereocenters. The summed E-state index contributed by atoms with van der Waals surface area (Å²) in [5.74, 6) is 2.69. The zero-order valence-corrected chi connectivity index (χ0v) is 7.74. The largest absolute Gasteiger partial charge is 0.131 e. The van der Waals surface area contributed by atoms with Crippen LogP contribution in [0, 0.1) is 17.8 Å². The number of hydrogen-bond donors (Lipinski definition) is 0. The van der Waals surface area contributed by atoms with Crippen LogP contribution < -0.4 is 0 Å². The second-order valence-corrected chi connectivity index (χ2v) is 3.14. The van der Waals surface area contributed by atoms with Crippen molar-refractivity contribution < 1.29 is 0 Å². The van der Waals surface area contributed by atoms with Crippen molar-refractivity contribution in [1.82, 2.24) is 0 Å². The fraction of sp³-hybridized carbons (Fsp3) is 0.444. The van der Waals surface area contributed by atoms with Gasteiger partial charge < -0.3 is 0 Å². The number of hydrogen-bond acceptors (Lipinski definition) is 0. The van der Waals surface area contributed by atoms with Crippen LogP contribution in [0.1, 0.15) is 13.3 Å². The first-order valence-electron chi connectivity index (χ1n) is 3.09. The van der Waals surface area contributed by atoms with E-state index in [1.165, 1.54) is 0 Å². The molecule has 0 bridgehead atoms. The second kappa shape index (κ2) is 4.39. The number of rotatable bonds is 3. The molecule has 54 valence electrons. The van der Waals surface area contributed by atoms with E-state index in [1.807, 2.05) is 13.0 Å². The van der Waals surface area contributed by atoms with Crippen molar-refractivity contribution in [2.45, 2.75) is 13.3 Å². The lowest BCUT2D eigenvalue weighted by atomic mass is 9.89. The smallest absolute Gasteiger partial charge is 0.0544 e. The van der Waals surface area contributed by atoms with Crippen LogP contribution >= 0.6 is 15.9 Å². The highest BCUT2D eigenvalue weighted by molar-refractivity contribution is 9.09. The third-order valence-electron chi connectivity index (χ3n) is 1.36. The molecule has 0 fully saturated rings. The van der Waals surface area contributed by atoms with Gasteiger partial charge in [-0.1, -0.05) is 28.4 Å². The molecule has 0 aliphatic heterocycles. The molecule has 1 heteroatoms. The van der Waals surface area contributed by atoms with E-state index in [0.717, 1.165) is 11.8 Å². The van der Waals surface area contributed by atoms with Gasteiger partial charge in [0.2, 0.25) is 0 Å². The summed E-state index contributed by atoms with van der Waals surface area (Å²) in [5.41, 5.74) is 2.53. The molecule has 0 N–H and O–H groups in total. The first-order valence-corrected chi connectivity index (χ1v) is 4.21. The van der Waals surface area contributed by atoms with Gasteiger partial charge in [-0.15, -0.1) is 12.2 Å². The van der Waals surface area contributed by atoms with E-state index in [-0.39, 0.29) is 5.41 Å². The topological polar surface area (TPSA) is 0 Å². The maximum absolute atomic E-state index is 5.31. The fourth-order valence-corrected chi connectivity index (χ4v) is 1.43. The van der Waals surface area contributed by atoms with Crippen LogP contribution in [0.25, 0.3) is 0 Å². The molecule has 1 atom stereocenters. The summed E-state index contributed by atoms with van der Waals surface area (Å²) >= 11 is 3.33. The summed E-state index contributed by atoms with van der Waals surface area (Å²) in [6, 6.07) is 0. The monoisotopic (exact) mass is 198 g/mol. The van der Waals surface area contributed by atoms with E-state index in [9.17, 15) is 0 Å². The number of allylic oxidation sites excluding steroid dienone is 1. The van der Waals surface area contributed by atoms with Gasteiger partial charge >= 0.3 is 0 Å². The minimum Gasteiger partial charge on any atom is -0.131 e. The van der Waals surface area contributed by atoms with Crippen molar-refractivity contribution in [2.75, 3.05) is 5.33 Å². The van der Waals surface area contributed by atoms with Gasteiger partial charge in [0.15, 0.2) is 0 Å². The van der Waals surface area contributed by atoms with Crippen molar-refractivity contribution in [2.24, 2.45) is 5.41 Å². The molecule has 0 amide bonds. The average Bonchev–Trinajstić information content (AvgIpc) is 1.89. The summed E-state index contributed by atoms with van der Waals surface area (Å²) in [6.07, 6.45) is 8.06. The van der Waals surface area contributed by atoms with Gasteiger partial charge in [0.25, 0.3) is 0 Å². The minimum atomic E-state index is -0.175. The molecule has 0 saturated heterocycles. The molecule has 0 radical (unpaired) electrons. The van der Waals surface area contributed by atoms with Crippen LogP contribution in [0.5, 0.6) is 0 Å². The normalized spacial score (nSPS) is 14.5. The van der Waals surface area contributed by atoms with Crippen molar-refractivity contribution in [1.29, 1.82) is 0 Å². The molecule has 0 aromatic carbocycles. The maximum atomic E-state index is 5.31. The molecular formula is C9H11Br. The van der Waals surface area contributed by atoms with Gasteiger partial charge in [-0.25, -0.2) is 0 Å². The fourth-order valence-electron chi connectivity index (χ4n) is 0.608. The van der Waals surface area contributed by atoms with Crippen LogP contribution in [-0.4, -0.2) is 5.33 Å². The summed E-state index contributed by atoms with van der Waals surface area (Å²) < 4.78 is 0. The predicted molar refractivity (Wildman–Crippen MR) is 49.1 cm³/mol. The summed E-state index contributed by atoms with van der Waals surface area (Å²) in [5, 5.41) is 0.909. The average molecular weight is 199 g/mol. The van der Waals surface area contributed by atoms with E-state index < -0.39 is 0 Å². The number of alkyl halides is 1. The third kappa shape index (κ3) is 2.92. The Hall–Kier alpha value is -0.440. The SMILES string of the molecule is C#CC(C)(C=C=C)CCBr. The van der Waals surface area contributed by atoms with E-state index in [1.54, 1.807) is 0 Å². The van der Waals surface area contributed by atoms with Gasteiger partial charge in [-0.05, 0) is 19.4 Å². The van der Waals surface area contributed by atoms with Crippen LogP contribution in [0.15, 0.2) is 18.4 Å². The van der Waals surface area contributed by atoms with Gasteiger partial charge in [0.1, 0.15) is 0 Å². The highest BCUT2D eigenvalue weighted by Gasteiger charge is 2.15. The molecule has 10 heavy (non-hydrogen) atoms. The van der Waals surface area contributed by atoms with Crippen molar-refractivity contribution in [3.05, 3.63) is 18.4 Å². The minimum absolute atomic E-state index is 0.175. The summed E-state index contributed by atoms with van der Waals surface area (Å²) in [7, 11) is 0. The molecule has 0 saturated carbocycles. The number of terminal acetylenes is 1. The molecule has 0 aromatic rings. The first kappa shape index (κ1) is 9.56. The zero-order chi connectivity index (χ0) is 8.04. The van der Waals surface area contributed by atoms with Crippen LogP contribution in [0.3, 0.4) is 0 Å². The maximum Gasteiger partial charge on any atom is 0.0544 e. The Morgan fingerprint density at radius 2 is 2.40 bits per heavy atom. The molecule has 0 aromatic heterocycles.